The van der Waals surface area contributed by atoms with Crippen LogP contribution in [0.25, 0.3) is 0 Å². The van der Waals surface area contributed by atoms with Gasteiger partial charge in [0.1, 0.15) is 5.60 Å². The number of alkyl halides is 2. The van der Waals surface area contributed by atoms with Gasteiger partial charge in [-0.2, -0.15) is 0 Å². The minimum Gasteiger partial charge on any atom is -0.379 e. The third kappa shape index (κ3) is 1.86. The molecule has 0 fully saturated rings. The highest BCUT2D eigenvalue weighted by Crippen LogP contribution is 2.31. The van der Waals surface area contributed by atoms with Crippen LogP contribution in [0.1, 0.15) is 18.9 Å². The molecule has 0 heterocycles. The van der Waals surface area contributed by atoms with Crippen molar-refractivity contribution in [3.05, 3.63) is 35.9 Å². The lowest BCUT2D eigenvalue weighted by molar-refractivity contribution is -0.104. The summed E-state index contributed by atoms with van der Waals surface area (Å²) in [5, 5.41) is 9.62. The van der Waals surface area contributed by atoms with Crippen LogP contribution >= 0.6 is 0 Å². The van der Waals surface area contributed by atoms with Crippen molar-refractivity contribution < 1.29 is 13.9 Å². The first-order valence-electron chi connectivity index (χ1n) is 4.17. The molecule has 1 N–H and O–H groups in total. The molecular formula is C10H12F2O. The highest BCUT2D eigenvalue weighted by atomic mass is 19.3. The Bertz CT molecular complexity index is 261. The zero-order valence-electron chi connectivity index (χ0n) is 7.37. The standard InChI is InChI=1S/C10H12F2O/c1-2-10(13,9(11)12)8-6-4-3-5-7-8/h3-7,9,13H,2H2,1H3. The molecule has 0 saturated heterocycles. The molecule has 0 bridgehead atoms. The van der Waals surface area contributed by atoms with Crippen LogP contribution in [-0.4, -0.2) is 11.5 Å². The third-order valence-corrected chi connectivity index (χ3v) is 2.17. The Balaban J connectivity index is 3.03. The summed E-state index contributed by atoms with van der Waals surface area (Å²) in [4.78, 5) is 0. The van der Waals surface area contributed by atoms with Crippen molar-refractivity contribution in [2.24, 2.45) is 0 Å². The predicted molar refractivity (Wildman–Crippen MR) is 46.6 cm³/mol. The maximum Gasteiger partial charge on any atom is 0.270 e. The molecule has 1 atom stereocenters. The molecule has 72 valence electrons. The minimum absolute atomic E-state index is 0.00861. The molecule has 1 aromatic rings. The fourth-order valence-corrected chi connectivity index (χ4v) is 1.21. The van der Waals surface area contributed by atoms with Crippen LogP contribution in [0, 0.1) is 0 Å². The lowest BCUT2D eigenvalue weighted by Crippen LogP contribution is -2.33. The minimum atomic E-state index is -2.75. The Morgan fingerprint density at radius 3 is 2.23 bits per heavy atom. The monoisotopic (exact) mass is 186 g/mol. The number of hydrogen-bond donors (Lipinski definition) is 1. The summed E-state index contributed by atoms with van der Waals surface area (Å²) < 4.78 is 25.0. The maximum atomic E-state index is 12.5. The molecule has 0 aliphatic carbocycles. The molecule has 0 amide bonds. The first-order chi connectivity index (χ1) is 6.11. The molecule has 0 spiro atoms. The second kappa shape index (κ2) is 3.83. The SMILES string of the molecule is CCC(O)(c1ccccc1)C(F)F. The number of rotatable bonds is 3. The fourth-order valence-electron chi connectivity index (χ4n) is 1.21. The summed E-state index contributed by atoms with van der Waals surface area (Å²) in [5.74, 6) is 0. The first kappa shape index (κ1) is 10.1. The van der Waals surface area contributed by atoms with Crippen molar-refractivity contribution in [3.8, 4) is 0 Å². The Morgan fingerprint density at radius 1 is 1.31 bits per heavy atom. The lowest BCUT2D eigenvalue weighted by Gasteiger charge is -2.26. The van der Waals surface area contributed by atoms with E-state index in [1.807, 2.05) is 0 Å². The predicted octanol–water partition coefficient (Wildman–Crippen LogP) is 2.55. The second-order valence-corrected chi connectivity index (χ2v) is 2.94. The summed E-state index contributed by atoms with van der Waals surface area (Å²) >= 11 is 0. The van der Waals surface area contributed by atoms with Gasteiger partial charge in [-0.3, -0.25) is 0 Å². The van der Waals surface area contributed by atoms with E-state index in [2.05, 4.69) is 0 Å². The summed E-state index contributed by atoms with van der Waals surface area (Å²) in [5.41, 5.74) is -1.73. The zero-order chi connectivity index (χ0) is 9.90. The molecule has 1 aromatic carbocycles. The topological polar surface area (TPSA) is 20.2 Å². The molecular weight excluding hydrogens is 174 g/mol. The van der Waals surface area contributed by atoms with Gasteiger partial charge in [0, 0.05) is 0 Å². The van der Waals surface area contributed by atoms with Crippen molar-refractivity contribution in [3.63, 3.8) is 0 Å². The highest BCUT2D eigenvalue weighted by molar-refractivity contribution is 5.22. The van der Waals surface area contributed by atoms with E-state index in [-0.39, 0.29) is 12.0 Å². The molecule has 1 nitrogen and oxygen atoms in total. The lowest BCUT2D eigenvalue weighted by atomic mass is 9.92. The largest absolute Gasteiger partial charge is 0.379 e. The van der Waals surface area contributed by atoms with E-state index in [4.69, 9.17) is 0 Å². The third-order valence-electron chi connectivity index (χ3n) is 2.17. The Morgan fingerprint density at radius 2 is 1.85 bits per heavy atom. The normalized spacial score (nSPS) is 15.8. The van der Waals surface area contributed by atoms with Gasteiger partial charge in [0.15, 0.2) is 0 Å². The van der Waals surface area contributed by atoms with E-state index in [0.717, 1.165) is 0 Å². The molecule has 3 heteroatoms. The van der Waals surface area contributed by atoms with Crippen LogP contribution in [0.15, 0.2) is 30.3 Å². The van der Waals surface area contributed by atoms with Gasteiger partial charge in [0.05, 0.1) is 0 Å². The van der Waals surface area contributed by atoms with Gasteiger partial charge >= 0.3 is 0 Å². The Hall–Kier alpha value is -0.960. The molecule has 1 rings (SSSR count). The van der Waals surface area contributed by atoms with Gasteiger partial charge in [0.25, 0.3) is 6.43 Å². The van der Waals surface area contributed by atoms with Crippen molar-refractivity contribution in [1.82, 2.24) is 0 Å². The van der Waals surface area contributed by atoms with E-state index in [9.17, 15) is 13.9 Å². The van der Waals surface area contributed by atoms with Crippen LogP contribution in [0.5, 0.6) is 0 Å². The zero-order valence-corrected chi connectivity index (χ0v) is 7.37. The van der Waals surface area contributed by atoms with E-state index < -0.39 is 12.0 Å². The number of aliphatic hydroxyl groups is 1. The summed E-state index contributed by atoms with van der Waals surface area (Å²) in [6.07, 6.45) is -2.74. The van der Waals surface area contributed by atoms with Crippen molar-refractivity contribution >= 4 is 0 Å². The van der Waals surface area contributed by atoms with Gasteiger partial charge in [-0.15, -0.1) is 0 Å². The number of benzene rings is 1. The fraction of sp³-hybridized carbons (Fsp3) is 0.400. The summed E-state index contributed by atoms with van der Waals surface area (Å²) in [6, 6.07) is 8.02. The van der Waals surface area contributed by atoms with Crippen LogP contribution < -0.4 is 0 Å². The van der Waals surface area contributed by atoms with Crippen LogP contribution in [0.3, 0.4) is 0 Å². The van der Waals surface area contributed by atoms with Gasteiger partial charge < -0.3 is 5.11 Å². The van der Waals surface area contributed by atoms with Crippen molar-refractivity contribution in [2.45, 2.75) is 25.4 Å². The second-order valence-electron chi connectivity index (χ2n) is 2.94. The van der Waals surface area contributed by atoms with E-state index in [0.29, 0.717) is 0 Å². The van der Waals surface area contributed by atoms with E-state index >= 15 is 0 Å². The summed E-state index contributed by atoms with van der Waals surface area (Å²) in [6.45, 7) is 1.54. The molecule has 0 aliphatic rings. The molecule has 0 aliphatic heterocycles. The summed E-state index contributed by atoms with van der Waals surface area (Å²) in [7, 11) is 0. The van der Waals surface area contributed by atoms with E-state index in [1.54, 1.807) is 25.1 Å². The average molecular weight is 186 g/mol. The van der Waals surface area contributed by atoms with E-state index in [1.165, 1.54) is 12.1 Å². The van der Waals surface area contributed by atoms with Gasteiger partial charge in [0.2, 0.25) is 0 Å². The average Bonchev–Trinajstić information content (AvgIpc) is 2.17. The molecule has 0 saturated carbocycles. The Kier molecular flexibility index (Phi) is 2.98. The van der Waals surface area contributed by atoms with Crippen LogP contribution in [0.2, 0.25) is 0 Å². The molecule has 0 radical (unpaired) electrons. The smallest absolute Gasteiger partial charge is 0.270 e. The highest BCUT2D eigenvalue weighted by Gasteiger charge is 2.37. The Labute approximate surface area is 76.0 Å². The van der Waals surface area contributed by atoms with Crippen LogP contribution in [0.4, 0.5) is 8.78 Å². The molecule has 1 unspecified atom stereocenters. The van der Waals surface area contributed by atoms with Crippen molar-refractivity contribution in [2.75, 3.05) is 0 Å². The quantitative estimate of drug-likeness (QED) is 0.769. The van der Waals surface area contributed by atoms with Gasteiger partial charge in [-0.05, 0) is 12.0 Å². The first-order valence-corrected chi connectivity index (χ1v) is 4.17. The number of hydrogen-bond acceptors (Lipinski definition) is 1. The van der Waals surface area contributed by atoms with Gasteiger partial charge in [-0.1, -0.05) is 37.3 Å². The number of halogens is 2. The molecule has 13 heavy (non-hydrogen) atoms. The van der Waals surface area contributed by atoms with Crippen molar-refractivity contribution in [1.29, 1.82) is 0 Å². The van der Waals surface area contributed by atoms with Gasteiger partial charge in [-0.25, -0.2) is 8.78 Å². The maximum absolute atomic E-state index is 12.5. The molecule has 0 aromatic heterocycles. The van der Waals surface area contributed by atoms with Crippen LogP contribution in [-0.2, 0) is 5.60 Å².